The van der Waals surface area contributed by atoms with Gasteiger partial charge < -0.3 is 5.73 Å². The van der Waals surface area contributed by atoms with Crippen molar-refractivity contribution in [2.24, 2.45) is 11.7 Å². The summed E-state index contributed by atoms with van der Waals surface area (Å²) >= 11 is 0. The lowest BCUT2D eigenvalue weighted by molar-refractivity contribution is 0.408. The Morgan fingerprint density at radius 1 is 1.55 bits per heavy atom. The van der Waals surface area contributed by atoms with Crippen molar-refractivity contribution in [3.8, 4) is 0 Å². The lowest BCUT2D eigenvalue weighted by Gasteiger charge is -2.14. The van der Waals surface area contributed by atoms with Gasteiger partial charge in [0.05, 0.1) is 12.7 Å². The van der Waals surface area contributed by atoms with Crippen molar-refractivity contribution in [3.63, 3.8) is 0 Å². The third-order valence-electron chi connectivity index (χ3n) is 1.73. The molecule has 1 aromatic heterocycles. The number of hydrogen-bond donors (Lipinski definition) is 1. The van der Waals surface area contributed by atoms with Gasteiger partial charge in [-0.05, 0) is 5.92 Å². The quantitative estimate of drug-likeness (QED) is 0.679. The van der Waals surface area contributed by atoms with Crippen LogP contribution in [0, 0.1) is 5.92 Å². The van der Waals surface area contributed by atoms with Gasteiger partial charge in [0.15, 0.2) is 0 Å². The molecule has 1 aromatic rings. The van der Waals surface area contributed by atoms with Gasteiger partial charge in [-0.2, -0.15) is 0 Å². The van der Waals surface area contributed by atoms with E-state index in [0.717, 1.165) is 6.54 Å². The molecule has 0 saturated heterocycles. The van der Waals surface area contributed by atoms with E-state index in [1.807, 2.05) is 6.20 Å². The maximum Gasteiger partial charge on any atom is 0.0692 e. The van der Waals surface area contributed by atoms with Crippen LogP contribution in [-0.4, -0.2) is 21.0 Å². The van der Waals surface area contributed by atoms with E-state index in [4.69, 9.17) is 5.73 Å². The molecule has 0 saturated carbocycles. The van der Waals surface area contributed by atoms with E-state index < -0.39 is 0 Å². The Bertz CT molecular complexity index is 192. The van der Waals surface area contributed by atoms with E-state index in [2.05, 4.69) is 24.2 Å². The zero-order valence-electron chi connectivity index (χ0n) is 6.94. The predicted molar refractivity (Wildman–Crippen MR) is 42.8 cm³/mol. The number of rotatable bonds is 3. The molecule has 0 spiro atoms. The molecule has 2 N–H and O–H groups in total. The van der Waals surface area contributed by atoms with Crippen LogP contribution in [0.25, 0.3) is 0 Å². The predicted octanol–water partition coefficient (Wildman–Crippen LogP) is 0.261. The lowest BCUT2D eigenvalue weighted by atomic mass is 10.1. The van der Waals surface area contributed by atoms with E-state index in [9.17, 15) is 0 Å². The van der Waals surface area contributed by atoms with Crippen LogP contribution in [-0.2, 0) is 6.54 Å². The smallest absolute Gasteiger partial charge is 0.0692 e. The Morgan fingerprint density at radius 2 is 2.27 bits per heavy atom. The number of aromatic nitrogens is 3. The molecule has 11 heavy (non-hydrogen) atoms. The molecule has 0 bridgehead atoms. The van der Waals surface area contributed by atoms with E-state index in [-0.39, 0.29) is 6.04 Å². The van der Waals surface area contributed by atoms with Crippen molar-refractivity contribution >= 4 is 0 Å². The van der Waals surface area contributed by atoms with Crippen molar-refractivity contribution < 1.29 is 0 Å². The van der Waals surface area contributed by atoms with Gasteiger partial charge in [-0.15, -0.1) is 5.10 Å². The molecule has 0 amide bonds. The molecule has 1 atom stereocenters. The van der Waals surface area contributed by atoms with Crippen LogP contribution < -0.4 is 5.73 Å². The Labute approximate surface area is 66.4 Å². The molecule has 1 heterocycles. The van der Waals surface area contributed by atoms with E-state index in [1.54, 1.807) is 10.9 Å². The average molecular weight is 154 g/mol. The summed E-state index contributed by atoms with van der Waals surface area (Å²) < 4.78 is 1.75. The molecular formula is C7H14N4. The third kappa shape index (κ3) is 2.31. The second-order valence-corrected chi connectivity index (χ2v) is 3.03. The molecule has 0 radical (unpaired) electrons. The molecule has 1 rings (SSSR count). The fourth-order valence-electron chi connectivity index (χ4n) is 0.757. The largest absolute Gasteiger partial charge is 0.326 e. The van der Waals surface area contributed by atoms with Crippen LogP contribution in [0.3, 0.4) is 0 Å². The maximum atomic E-state index is 5.82. The zero-order chi connectivity index (χ0) is 8.27. The number of hydrogen-bond acceptors (Lipinski definition) is 3. The lowest BCUT2D eigenvalue weighted by Crippen LogP contribution is -2.31. The highest BCUT2D eigenvalue weighted by Gasteiger charge is 2.07. The standard InChI is InChI=1S/C7H14N4/c1-6(2)7(8)5-11-4-3-9-10-11/h3-4,6-7H,5,8H2,1-2H3/t7-/m0/s1. The van der Waals surface area contributed by atoms with E-state index in [0.29, 0.717) is 5.92 Å². The summed E-state index contributed by atoms with van der Waals surface area (Å²) in [6.07, 6.45) is 3.48. The first kappa shape index (κ1) is 8.20. The SMILES string of the molecule is CC(C)[C@@H](N)Cn1ccnn1. The van der Waals surface area contributed by atoms with E-state index in [1.165, 1.54) is 0 Å². The van der Waals surface area contributed by atoms with Crippen LogP contribution in [0.15, 0.2) is 12.4 Å². The normalized spacial score (nSPS) is 13.8. The average Bonchev–Trinajstić information content (AvgIpc) is 2.39. The van der Waals surface area contributed by atoms with E-state index >= 15 is 0 Å². The highest BCUT2D eigenvalue weighted by atomic mass is 15.4. The summed E-state index contributed by atoms with van der Waals surface area (Å²) in [6, 6.07) is 0.164. The number of nitrogens with two attached hydrogens (primary N) is 1. The van der Waals surface area contributed by atoms with Crippen LogP contribution in [0.4, 0.5) is 0 Å². The second-order valence-electron chi connectivity index (χ2n) is 3.03. The van der Waals surface area contributed by atoms with Gasteiger partial charge >= 0.3 is 0 Å². The molecule has 0 aromatic carbocycles. The summed E-state index contributed by atoms with van der Waals surface area (Å²) in [4.78, 5) is 0. The van der Waals surface area contributed by atoms with Gasteiger partial charge in [-0.25, -0.2) is 0 Å². The summed E-state index contributed by atoms with van der Waals surface area (Å²) in [5, 5.41) is 7.52. The van der Waals surface area contributed by atoms with Crippen molar-refractivity contribution in [2.75, 3.05) is 0 Å². The molecule has 4 nitrogen and oxygen atoms in total. The fourth-order valence-corrected chi connectivity index (χ4v) is 0.757. The summed E-state index contributed by atoms with van der Waals surface area (Å²) in [7, 11) is 0. The molecule has 62 valence electrons. The monoisotopic (exact) mass is 154 g/mol. The molecule has 0 aliphatic carbocycles. The topological polar surface area (TPSA) is 56.7 Å². The van der Waals surface area contributed by atoms with Crippen molar-refractivity contribution in [3.05, 3.63) is 12.4 Å². The van der Waals surface area contributed by atoms with Crippen molar-refractivity contribution in [1.82, 2.24) is 15.0 Å². The molecule has 0 unspecified atom stereocenters. The Hall–Kier alpha value is -0.900. The van der Waals surface area contributed by atoms with Crippen LogP contribution >= 0.6 is 0 Å². The fraction of sp³-hybridized carbons (Fsp3) is 0.714. The minimum Gasteiger partial charge on any atom is -0.326 e. The molecule has 4 heteroatoms. The molecule has 0 fully saturated rings. The Balaban J connectivity index is 2.43. The number of nitrogens with zero attached hydrogens (tertiary/aromatic N) is 3. The molecule has 0 aliphatic heterocycles. The van der Waals surface area contributed by atoms with Crippen molar-refractivity contribution in [1.29, 1.82) is 0 Å². The molecular weight excluding hydrogens is 140 g/mol. The van der Waals surface area contributed by atoms with Gasteiger partial charge in [0.1, 0.15) is 0 Å². The first-order valence-corrected chi connectivity index (χ1v) is 3.80. The minimum atomic E-state index is 0.164. The van der Waals surface area contributed by atoms with Crippen LogP contribution in [0.2, 0.25) is 0 Å². The minimum absolute atomic E-state index is 0.164. The third-order valence-corrected chi connectivity index (χ3v) is 1.73. The van der Waals surface area contributed by atoms with Gasteiger partial charge in [-0.1, -0.05) is 19.1 Å². The van der Waals surface area contributed by atoms with Crippen LogP contribution in [0.1, 0.15) is 13.8 Å². The highest BCUT2D eigenvalue weighted by molar-refractivity contribution is 4.70. The zero-order valence-corrected chi connectivity index (χ0v) is 6.94. The summed E-state index contributed by atoms with van der Waals surface area (Å²) in [5.74, 6) is 0.485. The Kier molecular flexibility index (Phi) is 2.59. The second kappa shape index (κ2) is 3.48. The van der Waals surface area contributed by atoms with Gasteiger partial charge in [0, 0.05) is 12.2 Å². The highest BCUT2D eigenvalue weighted by Crippen LogP contribution is 1.99. The first-order chi connectivity index (χ1) is 5.20. The van der Waals surface area contributed by atoms with Gasteiger partial charge in [-0.3, -0.25) is 4.68 Å². The Morgan fingerprint density at radius 3 is 2.73 bits per heavy atom. The summed E-state index contributed by atoms with van der Waals surface area (Å²) in [5.41, 5.74) is 5.82. The van der Waals surface area contributed by atoms with Gasteiger partial charge in [0.2, 0.25) is 0 Å². The first-order valence-electron chi connectivity index (χ1n) is 3.80. The molecule has 0 aliphatic rings. The summed E-state index contributed by atoms with van der Waals surface area (Å²) in [6.45, 7) is 4.95. The van der Waals surface area contributed by atoms with Crippen LogP contribution in [0.5, 0.6) is 0 Å². The maximum absolute atomic E-state index is 5.82. The van der Waals surface area contributed by atoms with Crippen molar-refractivity contribution in [2.45, 2.75) is 26.4 Å². The van der Waals surface area contributed by atoms with Gasteiger partial charge in [0.25, 0.3) is 0 Å².